The Morgan fingerprint density at radius 2 is 2.12 bits per heavy atom. The van der Waals surface area contributed by atoms with Crippen LogP contribution in [0.15, 0.2) is 30.5 Å². The van der Waals surface area contributed by atoms with Crippen molar-refractivity contribution in [1.82, 2.24) is 9.88 Å². The van der Waals surface area contributed by atoms with Gasteiger partial charge in [-0.3, -0.25) is 4.79 Å². The molecule has 1 atom stereocenters. The van der Waals surface area contributed by atoms with Gasteiger partial charge in [0.25, 0.3) is 5.91 Å². The molecule has 2 aromatic rings. The summed E-state index contributed by atoms with van der Waals surface area (Å²) in [5.41, 5.74) is 0.973. The predicted octanol–water partition coefficient (Wildman–Crippen LogP) is 3.25. The molecule has 4 nitrogen and oxygen atoms in total. The van der Waals surface area contributed by atoms with Crippen molar-refractivity contribution >= 4 is 17.2 Å². The highest BCUT2D eigenvalue weighted by Crippen LogP contribution is 2.25. The Bertz CT molecular complexity index is 685. The number of hydrogen-bond donors (Lipinski definition) is 1. The summed E-state index contributed by atoms with van der Waals surface area (Å²) in [6, 6.07) is 6.46. The van der Waals surface area contributed by atoms with Crippen LogP contribution >= 0.6 is 11.3 Å². The summed E-state index contributed by atoms with van der Waals surface area (Å²) in [7, 11) is 0. The lowest BCUT2D eigenvalue weighted by Gasteiger charge is -2.35. The van der Waals surface area contributed by atoms with Crippen molar-refractivity contribution in [2.75, 3.05) is 13.2 Å². The molecule has 0 bridgehead atoms. The van der Waals surface area contributed by atoms with Crippen LogP contribution in [0.3, 0.4) is 0 Å². The number of aromatic nitrogens is 1. The second-order valence-electron chi connectivity index (χ2n) is 6.08. The largest absolute Gasteiger partial charge is 0.396 e. The Kier molecular flexibility index (Phi) is 5.58. The van der Waals surface area contributed by atoms with Gasteiger partial charge in [0.15, 0.2) is 0 Å². The normalized spacial score (nSPS) is 17.9. The molecule has 0 saturated carbocycles. The van der Waals surface area contributed by atoms with Crippen LogP contribution in [0, 0.1) is 5.82 Å². The predicted molar refractivity (Wildman–Crippen MR) is 91.7 cm³/mol. The van der Waals surface area contributed by atoms with Gasteiger partial charge >= 0.3 is 0 Å². The molecule has 1 unspecified atom stereocenters. The molecule has 6 heteroatoms. The van der Waals surface area contributed by atoms with Crippen molar-refractivity contribution in [3.05, 3.63) is 51.7 Å². The van der Waals surface area contributed by atoms with Crippen LogP contribution < -0.4 is 0 Å². The zero-order chi connectivity index (χ0) is 16.9. The van der Waals surface area contributed by atoms with Crippen LogP contribution in [0.1, 0.15) is 45.9 Å². The second kappa shape index (κ2) is 7.85. The molecule has 128 valence electrons. The zero-order valence-corrected chi connectivity index (χ0v) is 14.3. The maximum absolute atomic E-state index is 13.0. The molecule has 0 radical (unpaired) electrons. The minimum atomic E-state index is -0.256. The molecule has 1 aromatic carbocycles. The topological polar surface area (TPSA) is 53.4 Å². The number of nitrogens with zero attached hydrogens (tertiary/aromatic N) is 2. The van der Waals surface area contributed by atoms with Crippen molar-refractivity contribution in [2.45, 2.75) is 38.1 Å². The summed E-state index contributed by atoms with van der Waals surface area (Å²) in [4.78, 5) is 19.6. The van der Waals surface area contributed by atoms with E-state index in [0.717, 1.165) is 36.4 Å². The number of aliphatic hydroxyl groups is 1. The standard InChI is InChI=1S/C18H21FN2O2S/c19-14-6-4-13(5-7-14)11-17-20-12-16(24-17)18(23)21-9-2-1-3-15(21)8-10-22/h4-7,12,15,22H,1-3,8-11H2. The number of carbonyl (C=O) groups is 1. The monoisotopic (exact) mass is 348 g/mol. The highest BCUT2D eigenvalue weighted by molar-refractivity contribution is 7.13. The van der Waals surface area contributed by atoms with Gasteiger partial charge in [-0.25, -0.2) is 9.37 Å². The number of thiazole rings is 1. The van der Waals surface area contributed by atoms with Gasteiger partial charge in [0.2, 0.25) is 0 Å². The number of likely N-dealkylation sites (tertiary alicyclic amines) is 1. The maximum atomic E-state index is 13.0. The number of rotatable bonds is 5. The van der Waals surface area contributed by atoms with Crippen LogP contribution in [-0.2, 0) is 6.42 Å². The van der Waals surface area contributed by atoms with Crippen molar-refractivity contribution in [3.63, 3.8) is 0 Å². The van der Waals surface area contributed by atoms with Crippen LogP contribution in [-0.4, -0.2) is 40.1 Å². The molecule has 0 spiro atoms. The second-order valence-corrected chi connectivity index (χ2v) is 7.20. The van der Waals surface area contributed by atoms with Gasteiger partial charge in [0, 0.05) is 25.6 Å². The Morgan fingerprint density at radius 1 is 1.33 bits per heavy atom. The Labute approximate surface area is 145 Å². The van der Waals surface area contributed by atoms with E-state index in [4.69, 9.17) is 0 Å². The maximum Gasteiger partial charge on any atom is 0.265 e. The number of halogens is 1. The highest BCUT2D eigenvalue weighted by atomic mass is 32.1. The lowest BCUT2D eigenvalue weighted by atomic mass is 9.99. The molecule has 1 aliphatic heterocycles. The lowest BCUT2D eigenvalue weighted by Crippen LogP contribution is -2.43. The fraction of sp³-hybridized carbons (Fsp3) is 0.444. The molecule has 1 aliphatic rings. The van der Waals surface area contributed by atoms with Crippen molar-refractivity contribution in [3.8, 4) is 0 Å². The minimum Gasteiger partial charge on any atom is -0.396 e. The first-order valence-corrected chi connectivity index (χ1v) is 9.10. The van der Waals surface area contributed by atoms with E-state index in [9.17, 15) is 14.3 Å². The first-order valence-electron chi connectivity index (χ1n) is 8.28. The number of benzene rings is 1. The van der Waals surface area contributed by atoms with Crippen LogP contribution in [0.25, 0.3) is 0 Å². The minimum absolute atomic E-state index is 0.0102. The van der Waals surface area contributed by atoms with E-state index >= 15 is 0 Å². The number of aliphatic hydroxyl groups excluding tert-OH is 1. The summed E-state index contributed by atoms with van der Waals surface area (Å²) in [6.45, 7) is 0.849. The number of hydrogen-bond acceptors (Lipinski definition) is 4. The molecule has 1 N–H and O–H groups in total. The van der Waals surface area contributed by atoms with E-state index in [2.05, 4.69) is 4.98 Å². The van der Waals surface area contributed by atoms with Gasteiger partial charge in [0.05, 0.1) is 11.2 Å². The highest BCUT2D eigenvalue weighted by Gasteiger charge is 2.28. The van der Waals surface area contributed by atoms with Gasteiger partial charge in [-0.2, -0.15) is 0 Å². The van der Waals surface area contributed by atoms with Gasteiger partial charge in [0.1, 0.15) is 10.7 Å². The molecule has 2 heterocycles. The van der Waals surface area contributed by atoms with Crippen LogP contribution in [0.2, 0.25) is 0 Å². The summed E-state index contributed by atoms with van der Waals surface area (Å²) in [5, 5.41) is 10.0. The van der Waals surface area contributed by atoms with Crippen LogP contribution in [0.5, 0.6) is 0 Å². The van der Waals surface area contributed by atoms with Crippen molar-refractivity contribution < 1.29 is 14.3 Å². The quantitative estimate of drug-likeness (QED) is 0.902. The third kappa shape index (κ3) is 3.99. The lowest BCUT2D eigenvalue weighted by molar-refractivity contribution is 0.0579. The van der Waals surface area contributed by atoms with Crippen molar-refractivity contribution in [2.24, 2.45) is 0 Å². The molecule has 3 rings (SSSR count). The average molecular weight is 348 g/mol. The van der Waals surface area contributed by atoms with Crippen molar-refractivity contribution in [1.29, 1.82) is 0 Å². The molecule has 1 amide bonds. The zero-order valence-electron chi connectivity index (χ0n) is 13.4. The Balaban J connectivity index is 1.69. The SMILES string of the molecule is O=C(c1cnc(Cc2ccc(F)cc2)s1)N1CCCCC1CCO. The van der Waals surface area contributed by atoms with E-state index < -0.39 is 0 Å². The molecule has 1 fully saturated rings. The average Bonchev–Trinajstić information content (AvgIpc) is 3.06. The fourth-order valence-corrected chi connectivity index (χ4v) is 4.03. The van der Waals surface area contributed by atoms with Crippen LogP contribution in [0.4, 0.5) is 4.39 Å². The number of carbonyl (C=O) groups excluding carboxylic acids is 1. The molecular formula is C18H21FN2O2S. The summed E-state index contributed by atoms with van der Waals surface area (Å²) in [5.74, 6) is -0.246. The Hall–Kier alpha value is -1.79. The first-order chi connectivity index (χ1) is 11.7. The first kappa shape index (κ1) is 17.0. The van der Waals surface area contributed by atoms with E-state index in [1.807, 2.05) is 4.90 Å². The van der Waals surface area contributed by atoms with Gasteiger partial charge in [-0.1, -0.05) is 12.1 Å². The third-order valence-corrected chi connectivity index (χ3v) is 5.37. The summed E-state index contributed by atoms with van der Waals surface area (Å²) < 4.78 is 13.0. The molecule has 24 heavy (non-hydrogen) atoms. The Morgan fingerprint density at radius 3 is 2.88 bits per heavy atom. The molecular weight excluding hydrogens is 327 g/mol. The van der Waals surface area contributed by atoms with Gasteiger partial charge in [-0.15, -0.1) is 11.3 Å². The summed E-state index contributed by atoms with van der Waals surface area (Å²) >= 11 is 1.40. The van der Waals surface area contributed by atoms with Gasteiger partial charge in [-0.05, 0) is 43.4 Å². The van der Waals surface area contributed by atoms with Gasteiger partial charge < -0.3 is 10.0 Å². The van der Waals surface area contributed by atoms with E-state index in [1.165, 1.54) is 23.5 Å². The summed E-state index contributed by atoms with van der Waals surface area (Å²) in [6.07, 6.45) is 5.93. The number of amides is 1. The van der Waals surface area contributed by atoms with E-state index in [-0.39, 0.29) is 24.4 Å². The van der Waals surface area contributed by atoms with E-state index in [0.29, 0.717) is 17.7 Å². The molecule has 0 aliphatic carbocycles. The molecule has 1 saturated heterocycles. The number of piperidine rings is 1. The molecule has 1 aromatic heterocycles. The third-order valence-electron chi connectivity index (χ3n) is 4.38. The van der Waals surface area contributed by atoms with E-state index in [1.54, 1.807) is 18.3 Å². The fourth-order valence-electron chi connectivity index (χ4n) is 3.13. The smallest absolute Gasteiger partial charge is 0.265 e.